The van der Waals surface area contributed by atoms with Crippen LogP contribution in [0.3, 0.4) is 0 Å². The van der Waals surface area contributed by atoms with E-state index in [1.54, 1.807) is 13.3 Å². The van der Waals surface area contributed by atoms with E-state index >= 15 is 0 Å². The van der Waals surface area contributed by atoms with Gasteiger partial charge in [-0.15, -0.1) is 0 Å². The van der Waals surface area contributed by atoms with Gasteiger partial charge < -0.3 is 29.9 Å². The average molecular weight is 428 g/mol. The number of pyridine rings is 1. The van der Waals surface area contributed by atoms with Crippen molar-refractivity contribution in [3.05, 3.63) is 48.2 Å². The molecule has 0 saturated carbocycles. The van der Waals surface area contributed by atoms with Crippen LogP contribution in [-0.4, -0.2) is 75.4 Å². The molecule has 0 radical (unpaired) electrons. The number of benzene rings is 1. The summed E-state index contributed by atoms with van der Waals surface area (Å²) in [6, 6.07) is 11.5. The van der Waals surface area contributed by atoms with Crippen LogP contribution >= 0.6 is 0 Å². The van der Waals surface area contributed by atoms with Crippen molar-refractivity contribution < 1.29 is 19.1 Å². The third-order valence-corrected chi connectivity index (χ3v) is 5.05. The summed E-state index contributed by atoms with van der Waals surface area (Å²) in [4.78, 5) is 32.4. The number of ether oxygens (including phenoxy) is 2. The molecule has 1 fully saturated rings. The number of anilines is 2. The molecule has 0 aliphatic carbocycles. The van der Waals surface area contributed by atoms with Crippen LogP contribution in [-0.2, 0) is 16.0 Å². The Balaban J connectivity index is 1.40. The first-order chi connectivity index (χ1) is 15.1. The van der Waals surface area contributed by atoms with Gasteiger partial charge in [0, 0.05) is 39.8 Å². The zero-order valence-electron chi connectivity index (χ0n) is 18.0. The number of rotatable bonds is 8. The summed E-state index contributed by atoms with van der Waals surface area (Å²) in [6.07, 6.45) is 2.40. The maximum Gasteiger partial charge on any atom is 0.317 e. The van der Waals surface area contributed by atoms with Crippen LogP contribution in [0.15, 0.2) is 42.6 Å². The van der Waals surface area contributed by atoms with Gasteiger partial charge in [0.2, 0.25) is 5.91 Å². The normalized spacial score (nSPS) is 13.6. The molecule has 3 amide bonds. The van der Waals surface area contributed by atoms with Crippen molar-refractivity contribution in [3.63, 3.8) is 0 Å². The van der Waals surface area contributed by atoms with Gasteiger partial charge in [0.1, 0.15) is 18.2 Å². The fourth-order valence-corrected chi connectivity index (χ4v) is 3.33. The second kappa shape index (κ2) is 11.2. The van der Waals surface area contributed by atoms with Crippen LogP contribution in [0.5, 0.6) is 5.75 Å². The van der Waals surface area contributed by atoms with Crippen LogP contribution in [0.1, 0.15) is 5.56 Å². The molecule has 0 bridgehead atoms. The molecule has 0 spiro atoms. The Morgan fingerprint density at radius 2 is 1.77 bits per heavy atom. The van der Waals surface area contributed by atoms with Crippen LogP contribution < -0.4 is 20.3 Å². The highest BCUT2D eigenvalue weighted by molar-refractivity contribution is 5.91. The molecule has 31 heavy (non-hydrogen) atoms. The first kappa shape index (κ1) is 22.4. The van der Waals surface area contributed by atoms with Gasteiger partial charge in [-0.25, -0.2) is 9.78 Å². The molecule has 2 aromatic rings. The highest BCUT2D eigenvalue weighted by atomic mass is 16.5. The van der Waals surface area contributed by atoms with E-state index in [-0.39, 0.29) is 18.5 Å². The Kier molecular flexibility index (Phi) is 8.05. The van der Waals surface area contributed by atoms with Gasteiger partial charge in [-0.05, 0) is 36.2 Å². The van der Waals surface area contributed by atoms with E-state index in [1.807, 2.05) is 41.3 Å². The van der Waals surface area contributed by atoms with E-state index in [9.17, 15) is 9.59 Å². The van der Waals surface area contributed by atoms with Crippen molar-refractivity contribution in [1.29, 1.82) is 0 Å². The van der Waals surface area contributed by atoms with Gasteiger partial charge >= 0.3 is 6.03 Å². The van der Waals surface area contributed by atoms with E-state index in [0.717, 1.165) is 23.6 Å². The third kappa shape index (κ3) is 6.58. The first-order valence-corrected chi connectivity index (χ1v) is 10.2. The van der Waals surface area contributed by atoms with Crippen LogP contribution in [0, 0.1) is 0 Å². The van der Waals surface area contributed by atoms with Crippen LogP contribution in [0.2, 0.25) is 0 Å². The summed E-state index contributed by atoms with van der Waals surface area (Å²) in [5, 5.41) is 5.71. The number of urea groups is 1. The summed E-state index contributed by atoms with van der Waals surface area (Å²) in [5.74, 6) is 1.43. The third-order valence-electron chi connectivity index (χ3n) is 5.05. The molecule has 1 saturated heterocycles. The molecule has 0 unspecified atom stereocenters. The molecular weight excluding hydrogens is 398 g/mol. The van der Waals surface area contributed by atoms with Crippen molar-refractivity contribution in [1.82, 2.24) is 15.2 Å². The lowest BCUT2D eigenvalue weighted by Gasteiger charge is -2.35. The number of carbonyl (C=O) groups excluding carboxylic acids is 2. The predicted molar refractivity (Wildman–Crippen MR) is 119 cm³/mol. The number of methoxy groups -OCH3 is 2. The van der Waals surface area contributed by atoms with Gasteiger partial charge in [0.05, 0.1) is 19.0 Å². The highest BCUT2D eigenvalue weighted by Gasteiger charge is 2.21. The van der Waals surface area contributed by atoms with E-state index in [2.05, 4.69) is 20.5 Å². The number of piperazine rings is 1. The van der Waals surface area contributed by atoms with E-state index in [0.29, 0.717) is 38.4 Å². The number of nitrogens with one attached hydrogen (secondary N) is 2. The largest absolute Gasteiger partial charge is 0.497 e. The molecule has 1 aromatic carbocycles. The summed E-state index contributed by atoms with van der Waals surface area (Å²) >= 11 is 0. The number of amides is 3. The lowest BCUT2D eigenvalue weighted by Crippen LogP contribution is -2.52. The zero-order chi connectivity index (χ0) is 22.1. The smallest absolute Gasteiger partial charge is 0.317 e. The molecule has 1 aliphatic heterocycles. The predicted octanol–water partition coefficient (Wildman–Crippen LogP) is 1.75. The van der Waals surface area contributed by atoms with Crippen molar-refractivity contribution >= 4 is 23.4 Å². The Bertz CT molecular complexity index is 849. The monoisotopic (exact) mass is 427 g/mol. The molecule has 166 valence electrons. The topological polar surface area (TPSA) is 96.0 Å². The summed E-state index contributed by atoms with van der Waals surface area (Å²) in [7, 11) is 3.12. The molecule has 0 atom stereocenters. The minimum absolute atomic E-state index is 0.00583. The van der Waals surface area contributed by atoms with E-state index < -0.39 is 0 Å². The molecule has 2 heterocycles. The molecule has 3 rings (SSSR count). The minimum Gasteiger partial charge on any atom is -0.497 e. The number of nitrogens with zero attached hydrogens (tertiary/aromatic N) is 3. The average Bonchev–Trinajstić information content (AvgIpc) is 2.80. The van der Waals surface area contributed by atoms with Crippen molar-refractivity contribution in [3.8, 4) is 5.75 Å². The Morgan fingerprint density at radius 3 is 2.39 bits per heavy atom. The fourth-order valence-electron chi connectivity index (χ4n) is 3.33. The Labute approximate surface area is 182 Å². The molecule has 9 heteroatoms. The maximum atomic E-state index is 12.4. The van der Waals surface area contributed by atoms with Crippen molar-refractivity contribution in [2.45, 2.75) is 6.42 Å². The fraction of sp³-hybridized carbons (Fsp3) is 0.409. The molecule has 2 N–H and O–H groups in total. The first-order valence-electron chi connectivity index (χ1n) is 10.2. The Morgan fingerprint density at radius 1 is 1.03 bits per heavy atom. The SMILES string of the molecule is COCC(=O)Nc1ccc(N2CCN(C(=O)NCCc3ccc(OC)cc3)CC2)nc1. The molecule has 9 nitrogen and oxygen atoms in total. The van der Waals surface area contributed by atoms with E-state index in [4.69, 9.17) is 9.47 Å². The van der Waals surface area contributed by atoms with Gasteiger partial charge in [-0.3, -0.25) is 4.79 Å². The minimum atomic E-state index is -0.219. The highest BCUT2D eigenvalue weighted by Crippen LogP contribution is 2.16. The Hall–Kier alpha value is -3.33. The van der Waals surface area contributed by atoms with E-state index in [1.165, 1.54) is 7.11 Å². The van der Waals surface area contributed by atoms with Gasteiger partial charge in [0.15, 0.2) is 0 Å². The van der Waals surface area contributed by atoms with Crippen molar-refractivity contribution in [2.75, 3.05) is 63.8 Å². The van der Waals surface area contributed by atoms with Crippen molar-refractivity contribution in [2.24, 2.45) is 0 Å². The zero-order valence-corrected chi connectivity index (χ0v) is 18.0. The number of carbonyl (C=O) groups is 2. The standard InChI is InChI=1S/C22H29N5O4/c1-30-16-21(28)25-18-5-8-20(24-15-18)26-11-13-27(14-12-26)22(29)23-10-9-17-3-6-19(31-2)7-4-17/h3-8,15H,9-14,16H2,1-2H3,(H,23,29)(H,25,28). The molecule has 1 aliphatic rings. The second-order valence-corrected chi connectivity index (χ2v) is 7.19. The van der Waals surface area contributed by atoms with Crippen LogP contribution in [0.25, 0.3) is 0 Å². The summed E-state index contributed by atoms with van der Waals surface area (Å²) < 4.78 is 9.95. The lowest BCUT2D eigenvalue weighted by molar-refractivity contribution is -0.119. The van der Waals surface area contributed by atoms with Gasteiger partial charge in [0.25, 0.3) is 0 Å². The number of hydrogen-bond acceptors (Lipinski definition) is 6. The van der Waals surface area contributed by atoms with Gasteiger partial charge in [-0.1, -0.05) is 12.1 Å². The summed E-state index contributed by atoms with van der Waals surface area (Å²) in [6.45, 7) is 3.25. The van der Waals surface area contributed by atoms with Crippen LogP contribution in [0.4, 0.5) is 16.3 Å². The summed E-state index contributed by atoms with van der Waals surface area (Å²) in [5.41, 5.74) is 1.78. The maximum absolute atomic E-state index is 12.4. The molecular formula is C22H29N5O4. The quantitative estimate of drug-likeness (QED) is 0.666. The van der Waals surface area contributed by atoms with Gasteiger partial charge in [-0.2, -0.15) is 0 Å². The lowest BCUT2D eigenvalue weighted by atomic mass is 10.1. The number of hydrogen-bond donors (Lipinski definition) is 2. The second-order valence-electron chi connectivity index (χ2n) is 7.19. The number of aromatic nitrogens is 1. The molecule has 1 aromatic heterocycles.